The summed E-state index contributed by atoms with van der Waals surface area (Å²) in [6.45, 7) is 9.07. The number of ether oxygens (including phenoxy) is 1. The average molecular weight is 399 g/mol. The first kappa shape index (κ1) is 20.9. The fraction of sp³-hybridized carbons (Fsp3) is 0.455. The van der Waals surface area contributed by atoms with E-state index in [-0.39, 0.29) is 10.6 Å². The highest BCUT2D eigenvalue weighted by molar-refractivity contribution is 5.69. The van der Waals surface area contributed by atoms with Gasteiger partial charge in [0.1, 0.15) is 18.0 Å². The van der Waals surface area contributed by atoms with Crippen LogP contribution in [0.25, 0.3) is 0 Å². The molecule has 3 rings (SSSR count). The van der Waals surface area contributed by atoms with E-state index < -0.39 is 0 Å². The Morgan fingerprint density at radius 2 is 1.86 bits per heavy atom. The van der Waals surface area contributed by atoms with Crippen LogP contribution in [0.3, 0.4) is 0 Å². The number of rotatable bonds is 8. The maximum atomic E-state index is 11.4. The number of nitro groups is 1. The molecular formula is C22H30N4O3. The van der Waals surface area contributed by atoms with Gasteiger partial charge in [-0.3, -0.25) is 10.1 Å². The molecule has 2 unspecified atom stereocenters. The van der Waals surface area contributed by atoms with Gasteiger partial charge in [0.05, 0.1) is 4.92 Å². The van der Waals surface area contributed by atoms with Gasteiger partial charge in [0.15, 0.2) is 0 Å². The topological polar surface area (TPSA) is 79.7 Å². The van der Waals surface area contributed by atoms with E-state index in [1.165, 1.54) is 5.56 Å². The fourth-order valence-corrected chi connectivity index (χ4v) is 3.74. The van der Waals surface area contributed by atoms with Gasteiger partial charge in [-0.05, 0) is 50.1 Å². The number of anilines is 2. The van der Waals surface area contributed by atoms with Crippen molar-refractivity contribution in [3.63, 3.8) is 0 Å². The van der Waals surface area contributed by atoms with Crippen molar-refractivity contribution in [3.8, 4) is 5.75 Å². The second-order valence-electron chi connectivity index (χ2n) is 7.61. The van der Waals surface area contributed by atoms with E-state index in [9.17, 15) is 10.1 Å². The van der Waals surface area contributed by atoms with Crippen molar-refractivity contribution in [3.05, 3.63) is 58.1 Å². The van der Waals surface area contributed by atoms with Gasteiger partial charge >= 0.3 is 0 Å². The molecule has 1 heterocycles. The highest BCUT2D eigenvalue weighted by atomic mass is 16.6. The second-order valence-corrected chi connectivity index (χ2v) is 7.61. The smallest absolute Gasteiger partial charge is 0.292 e. The van der Waals surface area contributed by atoms with E-state index in [1.54, 1.807) is 6.07 Å². The first-order valence-corrected chi connectivity index (χ1v) is 10.2. The molecule has 0 spiro atoms. The van der Waals surface area contributed by atoms with E-state index >= 15 is 0 Å². The van der Waals surface area contributed by atoms with Crippen molar-refractivity contribution in [2.75, 3.05) is 36.5 Å². The third-order valence-electron chi connectivity index (χ3n) is 5.12. The number of nitro benzene ring substituents is 1. The lowest BCUT2D eigenvalue weighted by atomic mass is 10.1. The van der Waals surface area contributed by atoms with E-state index in [0.29, 0.717) is 30.9 Å². The third kappa shape index (κ3) is 5.60. The van der Waals surface area contributed by atoms with Crippen molar-refractivity contribution in [2.24, 2.45) is 0 Å². The normalized spacial score (nSPS) is 19.1. The van der Waals surface area contributed by atoms with Crippen LogP contribution in [-0.2, 0) is 6.42 Å². The lowest BCUT2D eigenvalue weighted by Crippen LogP contribution is -2.54. The van der Waals surface area contributed by atoms with Gasteiger partial charge < -0.3 is 20.3 Å². The van der Waals surface area contributed by atoms with E-state index in [2.05, 4.69) is 36.3 Å². The van der Waals surface area contributed by atoms with Gasteiger partial charge in [0, 0.05) is 43.5 Å². The molecule has 1 fully saturated rings. The molecule has 0 radical (unpaired) electrons. The number of hydrogen-bond donors (Lipinski definition) is 2. The molecular weight excluding hydrogens is 368 g/mol. The summed E-state index contributed by atoms with van der Waals surface area (Å²) in [6, 6.07) is 14.0. The molecule has 0 aliphatic carbocycles. The Morgan fingerprint density at radius 1 is 1.17 bits per heavy atom. The minimum Gasteiger partial charge on any atom is -0.492 e. The van der Waals surface area contributed by atoms with E-state index in [0.717, 1.165) is 30.9 Å². The first-order valence-electron chi connectivity index (χ1n) is 10.2. The van der Waals surface area contributed by atoms with Gasteiger partial charge in [-0.2, -0.15) is 0 Å². The van der Waals surface area contributed by atoms with Crippen molar-refractivity contribution < 1.29 is 9.66 Å². The number of hydrogen-bond acceptors (Lipinski definition) is 6. The Kier molecular flexibility index (Phi) is 6.93. The summed E-state index contributed by atoms with van der Waals surface area (Å²) in [7, 11) is 0. The van der Waals surface area contributed by atoms with Gasteiger partial charge in [0.25, 0.3) is 5.69 Å². The zero-order valence-corrected chi connectivity index (χ0v) is 17.4. The van der Waals surface area contributed by atoms with Crippen molar-refractivity contribution in [1.29, 1.82) is 0 Å². The fourth-order valence-electron chi connectivity index (χ4n) is 3.74. The molecule has 0 saturated carbocycles. The van der Waals surface area contributed by atoms with Crippen LogP contribution in [0.1, 0.15) is 26.3 Å². The standard InChI is InChI=1S/C22H30N4O3/c1-4-18-5-8-20(9-6-18)29-12-11-23-21-13-19(7-10-22(21)26(27)28)25-14-16(2)24-17(3)15-25/h5-10,13,16-17,23-24H,4,11-12,14-15H2,1-3H3. The Morgan fingerprint density at radius 3 is 2.48 bits per heavy atom. The lowest BCUT2D eigenvalue weighted by molar-refractivity contribution is -0.383. The van der Waals surface area contributed by atoms with Crippen LogP contribution in [0.4, 0.5) is 17.1 Å². The number of nitrogens with one attached hydrogen (secondary N) is 2. The maximum absolute atomic E-state index is 11.4. The second kappa shape index (κ2) is 9.60. The molecule has 7 nitrogen and oxygen atoms in total. The van der Waals surface area contributed by atoms with Crippen LogP contribution in [0.2, 0.25) is 0 Å². The van der Waals surface area contributed by atoms with Crippen LogP contribution in [-0.4, -0.2) is 43.2 Å². The summed E-state index contributed by atoms with van der Waals surface area (Å²) < 4.78 is 5.75. The zero-order valence-electron chi connectivity index (χ0n) is 17.4. The van der Waals surface area contributed by atoms with Gasteiger partial charge in [-0.25, -0.2) is 0 Å². The van der Waals surface area contributed by atoms with Crippen LogP contribution in [0.5, 0.6) is 5.75 Å². The summed E-state index contributed by atoms with van der Waals surface area (Å²) in [5.74, 6) is 0.802. The average Bonchev–Trinajstić information content (AvgIpc) is 2.70. The number of nitrogens with zero attached hydrogens (tertiary/aromatic N) is 2. The Labute approximate surface area is 172 Å². The number of aryl methyl sites for hydroxylation is 1. The molecule has 0 aromatic heterocycles. The third-order valence-corrected chi connectivity index (χ3v) is 5.12. The number of benzene rings is 2. The Balaban J connectivity index is 1.64. The Bertz CT molecular complexity index is 815. The summed E-state index contributed by atoms with van der Waals surface area (Å²) in [6.07, 6.45) is 0.993. The lowest BCUT2D eigenvalue weighted by Gasteiger charge is -2.37. The van der Waals surface area contributed by atoms with Crippen LogP contribution >= 0.6 is 0 Å². The zero-order chi connectivity index (χ0) is 20.8. The SMILES string of the molecule is CCc1ccc(OCCNc2cc(N3CC(C)NC(C)C3)ccc2[N+](=O)[O-])cc1. The minimum absolute atomic E-state index is 0.0808. The molecule has 1 saturated heterocycles. The molecule has 1 aliphatic heterocycles. The molecule has 1 aliphatic rings. The summed E-state index contributed by atoms with van der Waals surface area (Å²) >= 11 is 0. The quantitative estimate of drug-likeness (QED) is 0.400. The monoisotopic (exact) mass is 398 g/mol. The molecule has 156 valence electrons. The van der Waals surface area contributed by atoms with Gasteiger partial charge in [0.2, 0.25) is 0 Å². The minimum atomic E-state index is -0.348. The van der Waals surface area contributed by atoms with E-state index in [4.69, 9.17) is 4.74 Å². The number of piperazine rings is 1. The molecule has 29 heavy (non-hydrogen) atoms. The Hall–Kier alpha value is -2.80. The summed E-state index contributed by atoms with van der Waals surface area (Å²) in [4.78, 5) is 13.4. The highest BCUT2D eigenvalue weighted by Gasteiger charge is 2.23. The van der Waals surface area contributed by atoms with Gasteiger partial charge in [-0.15, -0.1) is 0 Å². The first-order chi connectivity index (χ1) is 14.0. The molecule has 2 aromatic rings. The largest absolute Gasteiger partial charge is 0.492 e. The molecule has 2 aromatic carbocycles. The maximum Gasteiger partial charge on any atom is 0.292 e. The van der Waals surface area contributed by atoms with E-state index in [1.807, 2.05) is 36.4 Å². The summed E-state index contributed by atoms with van der Waals surface area (Å²) in [5, 5.41) is 18.1. The van der Waals surface area contributed by atoms with Crippen LogP contribution < -0.4 is 20.3 Å². The van der Waals surface area contributed by atoms with Crippen molar-refractivity contribution in [2.45, 2.75) is 39.3 Å². The van der Waals surface area contributed by atoms with Crippen LogP contribution in [0.15, 0.2) is 42.5 Å². The molecule has 2 atom stereocenters. The van der Waals surface area contributed by atoms with Crippen LogP contribution in [0, 0.1) is 10.1 Å². The van der Waals surface area contributed by atoms with Gasteiger partial charge in [-0.1, -0.05) is 19.1 Å². The molecule has 7 heteroatoms. The van der Waals surface area contributed by atoms with Crippen molar-refractivity contribution in [1.82, 2.24) is 5.32 Å². The predicted molar refractivity (Wildman–Crippen MR) is 117 cm³/mol. The molecule has 0 bridgehead atoms. The predicted octanol–water partition coefficient (Wildman–Crippen LogP) is 3.83. The highest BCUT2D eigenvalue weighted by Crippen LogP contribution is 2.30. The van der Waals surface area contributed by atoms with Crippen molar-refractivity contribution >= 4 is 17.1 Å². The molecule has 0 amide bonds. The molecule has 2 N–H and O–H groups in total. The summed E-state index contributed by atoms with van der Waals surface area (Å²) in [5.41, 5.74) is 2.86.